The fraction of sp³-hybridized carbons (Fsp3) is 0.333. The highest BCUT2D eigenvalue weighted by molar-refractivity contribution is 5.88. The van der Waals surface area contributed by atoms with E-state index in [-0.39, 0.29) is 36.5 Å². The number of carbonyl (C=O) groups is 2. The van der Waals surface area contributed by atoms with E-state index in [9.17, 15) is 14.0 Å². The van der Waals surface area contributed by atoms with Crippen LogP contribution in [0.3, 0.4) is 0 Å². The maximum absolute atomic E-state index is 13.8. The first kappa shape index (κ1) is 26.1. The summed E-state index contributed by atoms with van der Waals surface area (Å²) in [6, 6.07) is 21.2. The third-order valence-electron chi connectivity index (χ3n) is 5.86. The van der Waals surface area contributed by atoms with E-state index < -0.39 is 6.04 Å². The van der Waals surface area contributed by atoms with Crippen LogP contribution in [0.25, 0.3) is 0 Å². The second-order valence-corrected chi connectivity index (χ2v) is 9.67. The number of carbonyl (C=O) groups excluding carboxylic acids is 2. The van der Waals surface area contributed by atoms with Gasteiger partial charge in [0.1, 0.15) is 11.9 Å². The minimum absolute atomic E-state index is 0.139. The van der Waals surface area contributed by atoms with Crippen LogP contribution >= 0.6 is 0 Å². The molecule has 35 heavy (non-hydrogen) atoms. The van der Waals surface area contributed by atoms with E-state index in [4.69, 9.17) is 0 Å². The molecule has 0 aliphatic carbocycles. The molecule has 1 N–H and O–H groups in total. The van der Waals surface area contributed by atoms with Crippen LogP contribution < -0.4 is 5.32 Å². The zero-order valence-electron chi connectivity index (χ0n) is 21.1. The van der Waals surface area contributed by atoms with Crippen LogP contribution in [0.5, 0.6) is 0 Å². The Hall–Kier alpha value is -3.47. The summed E-state index contributed by atoms with van der Waals surface area (Å²) in [5, 5.41) is 3.02. The first-order valence-corrected chi connectivity index (χ1v) is 12.1. The van der Waals surface area contributed by atoms with Gasteiger partial charge >= 0.3 is 0 Å². The summed E-state index contributed by atoms with van der Waals surface area (Å²) in [4.78, 5) is 28.8. The van der Waals surface area contributed by atoms with Crippen LogP contribution in [-0.2, 0) is 29.0 Å². The van der Waals surface area contributed by atoms with E-state index in [1.165, 1.54) is 12.1 Å². The van der Waals surface area contributed by atoms with Crippen LogP contribution in [0.2, 0.25) is 0 Å². The molecule has 0 bridgehead atoms. The molecular formula is C30H35FN2O2. The van der Waals surface area contributed by atoms with Gasteiger partial charge in [-0.05, 0) is 48.6 Å². The van der Waals surface area contributed by atoms with Gasteiger partial charge in [-0.25, -0.2) is 4.39 Å². The van der Waals surface area contributed by atoms with E-state index in [2.05, 4.69) is 11.4 Å². The maximum atomic E-state index is 13.8. The lowest BCUT2D eigenvalue weighted by Gasteiger charge is -2.32. The van der Waals surface area contributed by atoms with E-state index in [1.54, 1.807) is 17.0 Å². The lowest BCUT2D eigenvalue weighted by atomic mass is 10.00. The molecule has 3 rings (SSSR count). The minimum Gasteiger partial charge on any atom is -0.354 e. The molecule has 0 saturated heterocycles. The average molecular weight is 475 g/mol. The van der Waals surface area contributed by atoms with Crippen LogP contribution in [-0.4, -0.2) is 29.3 Å². The van der Waals surface area contributed by atoms with Gasteiger partial charge in [0.2, 0.25) is 11.8 Å². The summed E-state index contributed by atoms with van der Waals surface area (Å²) in [5.41, 5.74) is 4.84. The highest BCUT2D eigenvalue weighted by Gasteiger charge is 2.30. The molecule has 0 aliphatic rings. The zero-order valence-corrected chi connectivity index (χ0v) is 21.1. The number of benzene rings is 3. The third-order valence-corrected chi connectivity index (χ3v) is 5.86. The van der Waals surface area contributed by atoms with Crippen molar-refractivity contribution in [2.45, 2.75) is 53.1 Å². The summed E-state index contributed by atoms with van der Waals surface area (Å²) in [5.74, 6) is -0.372. The van der Waals surface area contributed by atoms with Crippen molar-refractivity contribution in [2.75, 3.05) is 6.54 Å². The van der Waals surface area contributed by atoms with Crippen LogP contribution in [0.15, 0.2) is 72.8 Å². The Labute approximate surface area is 208 Å². The lowest BCUT2D eigenvalue weighted by Crippen LogP contribution is -2.51. The first-order chi connectivity index (χ1) is 16.7. The number of hydrogen-bond acceptors (Lipinski definition) is 2. The molecular weight excluding hydrogens is 439 g/mol. The largest absolute Gasteiger partial charge is 0.354 e. The summed E-state index contributed by atoms with van der Waals surface area (Å²) < 4.78 is 13.6. The Morgan fingerprint density at radius 3 is 2.09 bits per heavy atom. The van der Waals surface area contributed by atoms with Crippen molar-refractivity contribution in [3.05, 3.63) is 106 Å². The molecule has 0 spiro atoms. The Morgan fingerprint density at radius 2 is 1.49 bits per heavy atom. The predicted octanol–water partition coefficient (Wildman–Crippen LogP) is 5.40. The normalized spacial score (nSPS) is 11.8. The number of hydrogen-bond donors (Lipinski definition) is 1. The van der Waals surface area contributed by atoms with Crippen molar-refractivity contribution in [3.63, 3.8) is 0 Å². The first-order valence-electron chi connectivity index (χ1n) is 12.1. The van der Waals surface area contributed by atoms with Crippen LogP contribution in [0.4, 0.5) is 4.39 Å². The highest BCUT2D eigenvalue weighted by atomic mass is 19.1. The lowest BCUT2D eigenvalue weighted by molar-refractivity contribution is -0.140. The van der Waals surface area contributed by atoms with Gasteiger partial charge in [0.15, 0.2) is 0 Å². The quantitative estimate of drug-likeness (QED) is 0.428. The molecule has 3 aromatic rings. The Balaban J connectivity index is 1.96. The Kier molecular flexibility index (Phi) is 9.18. The van der Waals surface area contributed by atoms with Gasteiger partial charge in [0, 0.05) is 19.5 Å². The van der Waals surface area contributed by atoms with E-state index in [0.29, 0.717) is 13.0 Å². The van der Waals surface area contributed by atoms with Gasteiger partial charge in [-0.3, -0.25) is 9.59 Å². The van der Waals surface area contributed by atoms with E-state index in [0.717, 1.165) is 27.8 Å². The van der Waals surface area contributed by atoms with Gasteiger partial charge in [-0.2, -0.15) is 0 Å². The minimum atomic E-state index is -0.695. The SMILES string of the molecule is Cc1cc(C)cc(CC(=O)N(Cc2ccc(F)cc2)[C@H](Cc2ccccc2)C(=O)NCC(C)C)c1. The Bertz CT molecular complexity index is 1110. The van der Waals surface area contributed by atoms with Crippen molar-refractivity contribution >= 4 is 11.8 Å². The molecule has 5 heteroatoms. The number of rotatable bonds is 10. The van der Waals surface area contributed by atoms with Crippen molar-refractivity contribution in [2.24, 2.45) is 5.92 Å². The molecule has 0 radical (unpaired) electrons. The van der Waals surface area contributed by atoms with Crippen molar-refractivity contribution in [1.29, 1.82) is 0 Å². The summed E-state index contributed by atoms with van der Waals surface area (Å²) >= 11 is 0. The summed E-state index contributed by atoms with van der Waals surface area (Å²) in [6.45, 7) is 8.84. The second-order valence-electron chi connectivity index (χ2n) is 9.67. The van der Waals surface area contributed by atoms with Gasteiger partial charge in [-0.15, -0.1) is 0 Å². The monoisotopic (exact) mass is 474 g/mol. The van der Waals surface area contributed by atoms with Crippen LogP contribution in [0, 0.1) is 25.6 Å². The number of halogens is 1. The van der Waals surface area contributed by atoms with Crippen LogP contribution in [0.1, 0.15) is 41.7 Å². The fourth-order valence-corrected chi connectivity index (χ4v) is 4.21. The zero-order chi connectivity index (χ0) is 25.4. The number of nitrogens with zero attached hydrogens (tertiary/aromatic N) is 1. The molecule has 184 valence electrons. The standard InChI is InChI=1S/C30H35FN2O2/c1-21(2)19-32-30(35)28(17-24-8-6-5-7-9-24)33(20-25-10-12-27(31)13-11-25)29(34)18-26-15-22(3)14-23(4)16-26/h5-16,21,28H,17-20H2,1-4H3,(H,32,35)/t28-/m1/s1. The molecule has 0 saturated carbocycles. The molecule has 0 unspecified atom stereocenters. The van der Waals surface area contributed by atoms with Crippen molar-refractivity contribution in [1.82, 2.24) is 10.2 Å². The molecule has 4 nitrogen and oxygen atoms in total. The predicted molar refractivity (Wildman–Crippen MR) is 138 cm³/mol. The molecule has 0 fully saturated rings. The van der Waals surface area contributed by atoms with Gasteiger partial charge in [0.25, 0.3) is 0 Å². The second kappa shape index (κ2) is 12.3. The number of amides is 2. The molecule has 2 amide bonds. The third kappa shape index (κ3) is 8.06. The topological polar surface area (TPSA) is 49.4 Å². The average Bonchev–Trinajstić information content (AvgIpc) is 2.81. The van der Waals surface area contributed by atoms with E-state index in [1.807, 2.05) is 70.2 Å². The maximum Gasteiger partial charge on any atom is 0.243 e. The number of aryl methyl sites for hydroxylation is 2. The van der Waals surface area contributed by atoms with Gasteiger partial charge < -0.3 is 10.2 Å². The van der Waals surface area contributed by atoms with Gasteiger partial charge in [0.05, 0.1) is 6.42 Å². The highest BCUT2D eigenvalue weighted by Crippen LogP contribution is 2.18. The molecule has 1 atom stereocenters. The van der Waals surface area contributed by atoms with E-state index >= 15 is 0 Å². The number of nitrogens with one attached hydrogen (secondary N) is 1. The van der Waals surface area contributed by atoms with Crippen molar-refractivity contribution < 1.29 is 14.0 Å². The molecule has 0 heterocycles. The van der Waals surface area contributed by atoms with Crippen molar-refractivity contribution in [3.8, 4) is 0 Å². The summed E-state index contributed by atoms with van der Waals surface area (Å²) in [7, 11) is 0. The molecule has 0 aromatic heterocycles. The Morgan fingerprint density at radius 1 is 0.857 bits per heavy atom. The fourth-order valence-electron chi connectivity index (χ4n) is 4.21. The molecule has 3 aromatic carbocycles. The smallest absolute Gasteiger partial charge is 0.243 e. The van der Waals surface area contributed by atoms with Gasteiger partial charge in [-0.1, -0.05) is 85.6 Å². The molecule has 0 aliphatic heterocycles. The summed E-state index contributed by atoms with van der Waals surface area (Å²) in [6.07, 6.45) is 0.580.